The second-order valence-corrected chi connectivity index (χ2v) is 8.54. The number of carbonyl (C=O) groups is 1. The van der Waals surface area contributed by atoms with E-state index in [4.69, 9.17) is 0 Å². The zero-order chi connectivity index (χ0) is 23.4. The summed E-state index contributed by atoms with van der Waals surface area (Å²) < 4.78 is 1.79. The topological polar surface area (TPSA) is 90.9 Å². The third kappa shape index (κ3) is 4.74. The first-order valence-corrected chi connectivity index (χ1v) is 11.3. The molecule has 168 valence electrons. The highest BCUT2D eigenvalue weighted by molar-refractivity contribution is 5.99. The van der Waals surface area contributed by atoms with Gasteiger partial charge in [-0.15, -0.1) is 0 Å². The first-order chi connectivity index (χ1) is 16.0. The van der Waals surface area contributed by atoms with Crippen LogP contribution in [0.1, 0.15) is 63.9 Å². The molecule has 1 heterocycles. The SMILES string of the molecule is C=Cc1c(C(=O)NC2CCCCC2O)cc(Cc2ccc(-n3cccn3)cc2)c(C#N)c1C. The summed E-state index contributed by atoms with van der Waals surface area (Å²) >= 11 is 0. The molecule has 4 rings (SSSR count). The average molecular weight is 441 g/mol. The van der Waals surface area contributed by atoms with Crippen molar-refractivity contribution in [3.8, 4) is 11.8 Å². The molecule has 2 atom stereocenters. The maximum atomic E-state index is 13.2. The number of nitrogens with zero attached hydrogens (tertiary/aromatic N) is 3. The first kappa shape index (κ1) is 22.5. The Kier molecular flexibility index (Phi) is 6.71. The Balaban J connectivity index is 1.65. The number of benzene rings is 2. The lowest BCUT2D eigenvalue weighted by Gasteiger charge is -2.28. The van der Waals surface area contributed by atoms with Gasteiger partial charge in [0.1, 0.15) is 0 Å². The smallest absolute Gasteiger partial charge is 0.252 e. The van der Waals surface area contributed by atoms with Crippen molar-refractivity contribution in [1.82, 2.24) is 15.1 Å². The molecule has 1 saturated carbocycles. The minimum absolute atomic E-state index is 0.237. The summed E-state index contributed by atoms with van der Waals surface area (Å²) in [5.41, 5.74) is 5.23. The molecule has 0 spiro atoms. The molecule has 2 aromatic carbocycles. The van der Waals surface area contributed by atoms with E-state index < -0.39 is 6.10 Å². The second kappa shape index (κ2) is 9.85. The molecule has 2 unspecified atom stereocenters. The van der Waals surface area contributed by atoms with Gasteiger partial charge in [-0.2, -0.15) is 10.4 Å². The Hall–Kier alpha value is -3.69. The molecule has 6 heteroatoms. The van der Waals surface area contributed by atoms with Crippen LogP contribution in [0.25, 0.3) is 11.8 Å². The number of nitriles is 1. The quantitative estimate of drug-likeness (QED) is 0.597. The van der Waals surface area contributed by atoms with Gasteiger partial charge in [0.05, 0.1) is 29.5 Å². The van der Waals surface area contributed by atoms with Crippen molar-refractivity contribution in [3.05, 3.63) is 88.8 Å². The van der Waals surface area contributed by atoms with Gasteiger partial charge in [0.2, 0.25) is 0 Å². The number of aromatic nitrogens is 2. The monoisotopic (exact) mass is 440 g/mol. The van der Waals surface area contributed by atoms with E-state index in [0.717, 1.165) is 41.6 Å². The average Bonchev–Trinajstić information content (AvgIpc) is 3.36. The number of carbonyl (C=O) groups excluding carboxylic acids is 1. The largest absolute Gasteiger partial charge is 0.391 e. The lowest BCUT2D eigenvalue weighted by Crippen LogP contribution is -2.45. The third-order valence-corrected chi connectivity index (χ3v) is 6.42. The molecule has 1 amide bonds. The van der Waals surface area contributed by atoms with E-state index in [9.17, 15) is 15.2 Å². The van der Waals surface area contributed by atoms with Crippen LogP contribution in [0, 0.1) is 18.3 Å². The zero-order valence-electron chi connectivity index (χ0n) is 18.8. The molecule has 0 saturated heterocycles. The van der Waals surface area contributed by atoms with Crippen LogP contribution >= 0.6 is 0 Å². The Morgan fingerprint density at radius 3 is 2.73 bits per heavy atom. The normalized spacial score (nSPS) is 17.8. The summed E-state index contributed by atoms with van der Waals surface area (Å²) in [6.45, 7) is 5.73. The summed E-state index contributed by atoms with van der Waals surface area (Å²) in [4.78, 5) is 13.2. The number of aliphatic hydroxyl groups is 1. The first-order valence-electron chi connectivity index (χ1n) is 11.3. The van der Waals surface area contributed by atoms with Gasteiger partial charge in [0, 0.05) is 18.0 Å². The number of hydrogen-bond acceptors (Lipinski definition) is 4. The highest BCUT2D eigenvalue weighted by Crippen LogP contribution is 2.27. The fourth-order valence-corrected chi connectivity index (χ4v) is 4.58. The molecule has 0 radical (unpaired) electrons. The van der Waals surface area contributed by atoms with Gasteiger partial charge in [-0.1, -0.05) is 37.6 Å². The van der Waals surface area contributed by atoms with Crippen molar-refractivity contribution in [3.63, 3.8) is 0 Å². The minimum Gasteiger partial charge on any atom is -0.391 e. The number of aliphatic hydroxyl groups excluding tert-OH is 1. The second-order valence-electron chi connectivity index (χ2n) is 8.54. The number of amides is 1. The maximum Gasteiger partial charge on any atom is 0.252 e. The van der Waals surface area contributed by atoms with E-state index in [1.165, 1.54) is 0 Å². The molecule has 6 nitrogen and oxygen atoms in total. The summed E-state index contributed by atoms with van der Waals surface area (Å²) in [5.74, 6) is -0.237. The predicted octanol–water partition coefficient (Wildman–Crippen LogP) is 4.32. The van der Waals surface area contributed by atoms with E-state index in [-0.39, 0.29) is 11.9 Å². The van der Waals surface area contributed by atoms with Crippen LogP contribution in [-0.4, -0.2) is 32.9 Å². The van der Waals surface area contributed by atoms with Crippen molar-refractivity contribution in [1.29, 1.82) is 5.26 Å². The van der Waals surface area contributed by atoms with Gasteiger partial charge in [-0.3, -0.25) is 4.79 Å². The predicted molar refractivity (Wildman–Crippen MR) is 128 cm³/mol. The third-order valence-electron chi connectivity index (χ3n) is 6.42. The molecule has 1 fully saturated rings. The van der Waals surface area contributed by atoms with E-state index in [2.05, 4.69) is 23.1 Å². The van der Waals surface area contributed by atoms with Gasteiger partial charge in [-0.25, -0.2) is 4.68 Å². The Labute approximate surface area is 194 Å². The summed E-state index contributed by atoms with van der Waals surface area (Å²) in [7, 11) is 0. The lowest BCUT2D eigenvalue weighted by molar-refractivity contribution is 0.0717. The van der Waals surface area contributed by atoms with Crippen molar-refractivity contribution in [2.45, 2.75) is 51.2 Å². The molecule has 1 aliphatic rings. The van der Waals surface area contributed by atoms with Gasteiger partial charge in [0.25, 0.3) is 5.91 Å². The minimum atomic E-state index is -0.526. The molecule has 1 aromatic heterocycles. The highest BCUT2D eigenvalue weighted by atomic mass is 16.3. The fourth-order valence-electron chi connectivity index (χ4n) is 4.58. The Morgan fingerprint density at radius 1 is 1.33 bits per heavy atom. The fraction of sp³-hybridized carbons (Fsp3) is 0.296. The summed E-state index contributed by atoms with van der Waals surface area (Å²) in [6.07, 6.45) is 8.67. The van der Waals surface area contributed by atoms with Gasteiger partial charge < -0.3 is 10.4 Å². The van der Waals surface area contributed by atoms with E-state index in [1.807, 2.05) is 43.5 Å². The summed E-state index contributed by atoms with van der Waals surface area (Å²) in [6, 6.07) is 13.7. The van der Waals surface area contributed by atoms with Crippen molar-refractivity contribution >= 4 is 12.0 Å². The van der Waals surface area contributed by atoms with Gasteiger partial charge in [-0.05, 0) is 72.7 Å². The Bertz CT molecular complexity index is 1190. The molecular weight excluding hydrogens is 412 g/mol. The van der Waals surface area contributed by atoms with Crippen molar-refractivity contribution < 1.29 is 9.90 Å². The lowest BCUT2D eigenvalue weighted by atomic mass is 9.88. The Morgan fingerprint density at radius 2 is 2.09 bits per heavy atom. The van der Waals surface area contributed by atoms with Crippen LogP contribution in [0.3, 0.4) is 0 Å². The van der Waals surface area contributed by atoms with E-state index >= 15 is 0 Å². The molecule has 2 N–H and O–H groups in total. The molecule has 1 aliphatic carbocycles. The van der Waals surface area contributed by atoms with Crippen molar-refractivity contribution in [2.24, 2.45) is 0 Å². The van der Waals surface area contributed by atoms with Crippen LogP contribution in [0.15, 0.2) is 55.4 Å². The standard InChI is InChI=1S/C27H28N4O2/c1-3-22-18(2)24(17-28)20(15-19-9-11-21(12-10-19)31-14-6-13-29-31)16-23(22)27(33)30-25-7-4-5-8-26(25)32/h3,6,9-14,16,25-26,32H,1,4-5,7-8,15H2,2H3,(H,30,33). The number of rotatable bonds is 6. The number of nitrogens with one attached hydrogen (secondary N) is 1. The molecule has 0 aliphatic heterocycles. The molecule has 0 bridgehead atoms. The van der Waals surface area contributed by atoms with Crippen LogP contribution in [0.5, 0.6) is 0 Å². The number of hydrogen-bond donors (Lipinski definition) is 2. The van der Waals surface area contributed by atoms with E-state index in [1.54, 1.807) is 23.0 Å². The van der Waals surface area contributed by atoms with E-state index in [0.29, 0.717) is 29.5 Å². The van der Waals surface area contributed by atoms with Gasteiger partial charge >= 0.3 is 0 Å². The highest BCUT2D eigenvalue weighted by Gasteiger charge is 2.26. The maximum absolute atomic E-state index is 13.2. The van der Waals surface area contributed by atoms with Crippen LogP contribution in [0.4, 0.5) is 0 Å². The molecule has 33 heavy (non-hydrogen) atoms. The molecular formula is C27H28N4O2. The zero-order valence-corrected chi connectivity index (χ0v) is 18.8. The van der Waals surface area contributed by atoms with Crippen LogP contribution in [-0.2, 0) is 6.42 Å². The van der Waals surface area contributed by atoms with Crippen molar-refractivity contribution in [2.75, 3.05) is 0 Å². The molecule has 3 aromatic rings. The summed E-state index contributed by atoms with van der Waals surface area (Å²) in [5, 5.41) is 27.4. The van der Waals surface area contributed by atoms with Crippen LogP contribution < -0.4 is 5.32 Å². The van der Waals surface area contributed by atoms with Gasteiger partial charge in [0.15, 0.2) is 0 Å². The van der Waals surface area contributed by atoms with Crippen LogP contribution in [0.2, 0.25) is 0 Å².